The van der Waals surface area contributed by atoms with Crippen molar-refractivity contribution in [2.45, 2.75) is 6.42 Å². The summed E-state index contributed by atoms with van der Waals surface area (Å²) in [6, 6.07) is 14.3. The Balaban J connectivity index is 1.66. The largest absolute Gasteiger partial charge is 0.378 e. The number of rotatable bonds is 4. The summed E-state index contributed by atoms with van der Waals surface area (Å²) in [4.78, 5) is 28.4. The van der Waals surface area contributed by atoms with Gasteiger partial charge in [-0.05, 0) is 23.8 Å². The van der Waals surface area contributed by atoms with Gasteiger partial charge in [-0.15, -0.1) is 9.89 Å². The highest BCUT2D eigenvalue weighted by atomic mass is 35.5. The molecular weight excluding hydrogens is 380 g/mol. The van der Waals surface area contributed by atoms with Gasteiger partial charge in [0.15, 0.2) is 5.82 Å². The first kappa shape index (κ1) is 18.5. The number of nitrogens with zero attached hydrogens (tertiary/aromatic N) is 3. The molecule has 2 aromatic carbocycles. The standard InChI is InChI=1S/C20H19ClN4O3/c21-15-7-5-14(6-8-15)13-18(26)22-25-20(27)17-4-2-1-3-16(17)19(23-25)24-9-11-28-12-10-24/h1-8H,9-13H2,(H,22,26). The molecule has 1 N–H and O–H groups in total. The van der Waals surface area contributed by atoms with Gasteiger partial charge in [0.1, 0.15) is 0 Å². The highest BCUT2D eigenvalue weighted by Gasteiger charge is 2.19. The van der Waals surface area contributed by atoms with E-state index >= 15 is 0 Å². The number of aromatic nitrogens is 2. The van der Waals surface area contributed by atoms with Gasteiger partial charge in [0.05, 0.1) is 25.0 Å². The third kappa shape index (κ3) is 3.85. The number of anilines is 1. The van der Waals surface area contributed by atoms with Crippen molar-refractivity contribution in [2.75, 3.05) is 36.6 Å². The van der Waals surface area contributed by atoms with Gasteiger partial charge >= 0.3 is 0 Å². The quantitative estimate of drug-likeness (QED) is 0.729. The summed E-state index contributed by atoms with van der Waals surface area (Å²) in [5.74, 6) is 0.324. The minimum Gasteiger partial charge on any atom is -0.378 e. The molecule has 0 saturated carbocycles. The van der Waals surface area contributed by atoms with E-state index in [0.29, 0.717) is 42.5 Å². The molecule has 3 aromatic rings. The van der Waals surface area contributed by atoms with Crippen LogP contribution in [0.15, 0.2) is 53.3 Å². The Labute approximate surface area is 166 Å². The molecule has 1 fully saturated rings. The Kier molecular flexibility index (Phi) is 5.27. The van der Waals surface area contributed by atoms with Crippen molar-refractivity contribution in [1.82, 2.24) is 9.89 Å². The average Bonchev–Trinajstić information content (AvgIpc) is 2.72. The number of morpholine rings is 1. The van der Waals surface area contributed by atoms with Crippen LogP contribution in [0.2, 0.25) is 5.02 Å². The molecule has 144 valence electrons. The van der Waals surface area contributed by atoms with Crippen LogP contribution in [-0.2, 0) is 16.0 Å². The van der Waals surface area contributed by atoms with Crippen LogP contribution in [0.1, 0.15) is 5.56 Å². The Morgan fingerprint density at radius 3 is 2.46 bits per heavy atom. The summed E-state index contributed by atoms with van der Waals surface area (Å²) < 4.78 is 5.41. The number of fused-ring (bicyclic) bond motifs is 1. The molecule has 8 heteroatoms. The predicted octanol–water partition coefficient (Wildman–Crippen LogP) is 2.20. The molecular formula is C20H19ClN4O3. The molecule has 0 spiro atoms. The SMILES string of the molecule is O=C(Cc1ccc(Cl)cc1)Nn1nc(N2CCOCC2)c2ccccc2c1=O. The number of nitrogens with one attached hydrogen (secondary N) is 1. The molecule has 0 aliphatic carbocycles. The van der Waals surface area contributed by atoms with E-state index < -0.39 is 0 Å². The van der Waals surface area contributed by atoms with Crippen LogP contribution in [0.5, 0.6) is 0 Å². The van der Waals surface area contributed by atoms with Crippen molar-refractivity contribution in [3.63, 3.8) is 0 Å². The first-order valence-electron chi connectivity index (χ1n) is 9.01. The fourth-order valence-corrected chi connectivity index (χ4v) is 3.33. The molecule has 1 saturated heterocycles. The van der Waals surface area contributed by atoms with Gasteiger partial charge in [0, 0.05) is 23.5 Å². The second kappa shape index (κ2) is 8.00. The van der Waals surface area contributed by atoms with E-state index in [1.165, 1.54) is 0 Å². The molecule has 2 heterocycles. The fourth-order valence-electron chi connectivity index (χ4n) is 3.20. The molecule has 1 amide bonds. The van der Waals surface area contributed by atoms with Crippen molar-refractivity contribution < 1.29 is 9.53 Å². The molecule has 0 unspecified atom stereocenters. The molecule has 1 aliphatic heterocycles. The van der Waals surface area contributed by atoms with Gasteiger partial charge in [0.25, 0.3) is 5.56 Å². The number of benzene rings is 2. The topological polar surface area (TPSA) is 76.5 Å². The monoisotopic (exact) mass is 398 g/mol. The highest BCUT2D eigenvalue weighted by Crippen LogP contribution is 2.22. The number of hydrogen-bond donors (Lipinski definition) is 1. The third-order valence-corrected chi connectivity index (χ3v) is 4.86. The summed E-state index contributed by atoms with van der Waals surface area (Å²) in [5, 5.41) is 6.31. The zero-order chi connectivity index (χ0) is 19.5. The molecule has 4 rings (SSSR count). The summed E-state index contributed by atoms with van der Waals surface area (Å²) >= 11 is 5.88. The van der Waals surface area contributed by atoms with E-state index in [-0.39, 0.29) is 17.9 Å². The van der Waals surface area contributed by atoms with E-state index in [1.807, 2.05) is 12.1 Å². The lowest BCUT2D eigenvalue weighted by molar-refractivity contribution is -0.116. The number of carbonyl (C=O) groups is 1. The Hall–Kier alpha value is -2.90. The smallest absolute Gasteiger partial charge is 0.294 e. The maximum Gasteiger partial charge on any atom is 0.294 e. The number of carbonyl (C=O) groups excluding carboxylic acids is 1. The van der Waals surface area contributed by atoms with Crippen LogP contribution in [0, 0.1) is 0 Å². The molecule has 7 nitrogen and oxygen atoms in total. The molecule has 0 atom stereocenters. The van der Waals surface area contributed by atoms with Gasteiger partial charge in [-0.3, -0.25) is 9.59 Å². The van der Waals surface area contributed by atoms with Crippen LogP contribution >= 0.6 is 11.6 Å². The van der Waals surface area contributed by atoms with Crippen molar-refractivity contribution in [3.8, 4) is 0 Å². The van der Waals surface area contributed by atoms with Crippen molar-refractivity contribution in [3.05, 3.63) is 69.5 Å². The summed E-state index contributed by atoms with van der Waals surface area (Å²) in [6.07, 6.45) is 0.116. The van der Waals surface area contributed by atoms with Crippen molar-refractivity contribution in [2.24, 2.45) is 0 Å². The first-order chi connectivity index (χ1) is 13.6. The van der Waals surface area contributed by atoms with Crippen molar-refractivity contribution >= 4 is 34.1 Å². The van der Waals surface area contributed by atoms with Crippen LogP contribution < -0.4 is 15.9 Å². The minimum atomic E-state index is -0.364. The van der Waals surface area contributed by atoms with E-state index in [2.05, 4.69) is 15.4 Å². The van der Waals surface area contributed by atoms with E-state index in [9.17, 15) is 9.59 Å². The lowest BCUT2D eigenvalue weighted by atomic mass is 10.1. The maximum absolute atomic E-state index is 12.8. The number of halogens is 1. The summed E-state index contributed by atoms with van der Waals surface area (Å²) in [6.45, 7) is 2.54. The number of ether oxygens (including phenoxy) is 1. The van der Waals surface area contributed by atoms with E-state index in [0.717, 1.165) is 15.7 Å². The second-order valence-corrected chi connectivity index (χ2v) is 6.96. The zero-order valence-corrected chi connectivity index (χ0v) is 15.9. The molecule has 0 radical (unpaired) electrons. The van der Waals surface area contributed by atoms with Gasteiger partial charge in [-0.25, -0.2) is 5.43 Å². The first-order valence-corrected chi connectivity index (χ1v) is 9.39. The molecule has 1 aromatic heterocycles. The maximum atomic E-state index is 12.8. The highest BCUT2D eigenvalue weighted by molar-refractivity contribution is 6.30. The van der Waals surface area contributed by atoms with Crippen LogP contribution in [0.25, 0.3) is 10.8 Å². The Morgan fingerprint density at radius 2 is 1.75 bits per heavy atom. The van der Waals surface area contributed by atoms with E-state index in [4.69, 9.17) is 16.3 Å². The lowest BCUT2D eigenvalue weighted by Gasteiger charge is -2.29. The van der Waals surface area contributed by atoms with Crippen LogP contribution in [0.3, 0.4) is 0 Å². The second-order valence-electron chi connectivity index (χ2n) is 6.52. The number of amides is 1. The molecule has 28 heavy (non-hydrogen) atoms. The van der Waals surface area contributed by atoms with Gasteiger partial charge in [-0.2, -0.15) is 0 Å². The van der Waals surface area contributed by atoms with Crippen LogP contribution in [-0.4, -0.2) is 42.1 Å². The van der Waals surface area contributed by atoms with Crippen LogP contribution in [0.4, 0.5) is 5.82 Å². The van der Waals surface area contributed by atoms with Gasteiger partial charge < -0.3 is 9.64 Å². The molecule has 1 aliphatic rings. The lowest BCUT2D eigenvalue weighted by Crippen LogP contribution is -2.41. The third-order valence-electron chi connectivity index (χ3n) is 4.60. The van der Waals surface area contributed by atoms with Gasteiger partial charge in [-0.1, -0.05) is 41.9 Å². The predicted molar refractivity (Wildman–Crippen MR) is 109 cm³/mol. The van der Waals surface area contributed by atoms with E-state index in [1.54, 1.807) is 36.4 Å². The Morgan fingerprint density at radius 1 is 1.07 bits per heavy atom. The fraction of sp³-hybridized carbons (Fsp3) is 0.250. The minimum absolute atomic E-state index is 0.116. The summed E-state index contributed by atoms with van der Waals surface area (Å²) in [7, 11) is 0. The van der Waals surface area contributed by atoms with Crippen molar-refractivity contribution in [1.29, 1.82) is 0 Å². The zero-order valence-electron chi connectivity index (χ0n) is 15.1. The molecule has 0 bridgehead atoms. The van der Waals surface area contributed by atoms with Gasteiger partial charge in [0.2, 0.25) is 5.91 Å². The normalized spacial score (nSPS) is 14.2. The Bertz CT molecular complexity index is 1060. The average molecular weight is 399 g/mol. The number of hydrogen-bond acceptors (Lipinski definition) is 5. The summed E-state index contributed by atoms with van der Waals surface area (Å²) in [5.41, 5.74) is 3.04.